The Kier molecular flexibility index (Phi) is 6.36. The minimum atomic E-state index is 0. The van der Waals surface area contributed by atoms with Crippen LogP contribution in [0.5, 0.6) is 0 Å². The summed E-state index contributed by atoms with van der Waals surface area (Å²) in [5.41, 5.74) is 7.76. The summed E-state index contributed by atoms with van der Waals surface area (Å²) in [6.45, 7) is 7.09. The zero-order valence-corrected chi connectivity index (χ0v) is 11.2. The molecule has 0 fully saturated rings. The fraction of sp³-hybridized carbons (Fsp3) is 0.700. The van der Waals surface area contributed by atoms with Crippen molar-refractivity contribution >= 4 is 23.7 Å². The molecule has 1 rings (SSSR count). The van der Waals surface area contributed by atoms with Gasteiger partial charge in [0.15, 0.2) is 0 Å². The molecule has 1 aromatic rings. The van der Waals surface area contributed by atoms with Gasteiger partial charge in [-0.2, -0.15) is 0 Å². The molecule has 0 saturated carbocycles. The van der Waals surface area contributed by atoms with Gasteiger partial charge in [0, 0.05) is 24.2 Å². The van der Waals surface area contributed by atoms with Crippen LogP contribution >= 0.6 is 23.7 Å². The first-order valence-corrected chi connectivity index (χ1v) is 5.67. The van der Waals surface area contributed by atoms with E-state index in [9.17, 15) is 0 Å². The Bertz CT molecular complexity index is 262. The lowest BCUT2D eigenvalue weighted by Crippen LogP contribution is -2.36. The summed E-state index contributed by atoms with van der Waals surface area (Å²) < 4.78 is 0. The summed E-state index contributed by atoms with van der Waals surface area (Å²) in [6, 6.07) is 0. The number of thiazole rings is 1. The predicted molar refractivity (Wildman–Crippen MR) is 68.5 cm³/mol. The molecule has 0 aliphatic carbocycles. The van der Waals surface area contributed by atoms with Gasteiger partial charge in [-0.1, -0.05) is 13.8 Å². The predicted octanol–water partition coefficient (Wildman–Crippen LogP) is 1.98. The molecule has 1 heterocycles. The van der Waals surface area contributed by atoms with Gasteiger partial charge in [0.25, 0.3) is 0 Å². The summed E-state index contributed by atoms with van der Waals surface area (Å²) in [7, 11) is 2.12. The third-order valence-electron chi connectivity index (χ3n) is 2.16. The van der Waals surface area contributed by atoms with Crippen LogP contribution in [0.2, 0.25) is 0 Å². The molecule has 0 atom stereocenters. The number of rotatable bonds is 5. The molecule has 0 aliphatic rings. The van der Waals surface area contributed by atoms with Crippen molar-refractivity contribution < 1.29 is 0 Å². The lowest BCUT2D eigenvalue weighted by molar-refractivity contribution is 0.211. The Morgan fingerprint density at radius 3 is 2.67 bits per heavy atom. The van der Waals surface area contributed by atoms with Crippen molar-refractivity contribution in [3.05, 3.63) is 16.6 Å². The first kappa shape index (κ1) is 14.8. The monoisotopic (exact) mass is 249 g/mol. The molecule has 0 radical (unpaired) electrons. The fourth-order valence-corrected chi connectivity index (χ4v) is 2.11. The minimum Gasteiger partial charge on any atom is -0.330 e. The Morgan fingerprint density at radius 2 is 2.20 bits per heavy atom. The van der Waals surface area contributed by atoms with Crippen molar-refractivity contribution in [1.82, 2.24) is 9.88 Å². The number of hydrogen-bond acceptors (Lipinski definition) is 4. The number of nitrogens with zero attached hydrogens (tertiary/aromatic N) is 2. The Labute approximate surface area is 102 Å². The number of aromatic nitrogens is 1. The van der Waals surface area contributed by atoms with E-state index in [1.54, 1.807) is 11.3 Å². The average molecular weight is 250 g/mol. The maximum absolute atomic E-state index is 5.69. The van der Waals surface area contributed by atoms with Crippen molar-refractivity contribution in [2.45, 2.75) is 20.4 Å². The second kappa shape index (κ2) is 6.43. The third kappa shape index (κ3) is 5.47. The van der Waals surface area contributed by atoms with Crippen LogP contribution in [0.15, 0.2) is 11.7 Å². The standard InChI is InChI=1S/C10H19N3S.ClH/c1-10(2,6-11)7-13(3)5-9-4-12-8-14-9;/h4,8H,5-7,11H2,1-3H3;1H. The van der Waals surface area contributed by atoms with Crippen LogP contribution in [-0.2, 0) is 6.54 Å². The van der Waals surface area contributed by atoms with E-state index in [-0.39, 0.29) is 17.8 Å². The lowest BCUT2D eigenvalue weighted by Gasteiger charge is -2.28. The van der Waals surface area contributed by atoms with Crippen LogP contribution in [0.4, 0.5) is 0 Å². The van der Waals surface area contributed by atoms with Gasteiger partial charge in [-0.05, 0) is 19.0 Å². The number of nitrogens with two attached hydrogens (primary N) is 1. The molecule has 0 spiro atoms. The second-order valence-electron chi connectivity index (χ2n) is 4.51. The van der Waals surface area contributed by atoms with Crippen molar-refractivity contribution in [2.24, 2.45) is 11.1 Å². The quantitative estimate of drug-likeness (QED) is 0.868. The molecule has 5 heteroatoms. The van der Waals surface area contributed by atoms with Crippen LogP contribution in [0.25, 0.3) is 0 Å². The van der Waals surface area contributed by atoms with Crippen LogP contribution in [-0.4, -0.2) is 30.0 Å². The Balaban J connectivity index is 0.00000196. The molecule has 2 N–H and O–H groups in total. The van der Waals surface area contributed by atoms with Gasteiger partial charge >= 0.3 is 0 Å². The zero-order valence-electron chi connectivity index (χ0n) is 9.56. The molecule has 15 heavy (non-hydrogen) atoms. The molecule has 0 bridgehead atoms. The smallest absolute Gasteiger partial charge is 0.0794 e. The van der Waals surface area contributed by atoms with Crippen molar-refractivity contribution in [2.75, 3.05) is 20.1 Å². The van der Waals surface area contributed by atoms with Gasteiger partial charge in [-0.25, -0.2) is 0 Å². The van der Waals surface area contributed by atoms with Crippen molar-refractivity contribution in [1.29, 1.82) is 0 Å². The molecule has 0 amide bonds. The summed E-state index contributed by atoms with van der Waals surface area (Å²) in [5.74, 6) is 0. The number of halogens is 1. The van der Waals surface area contributed by atoms with E-state index in [4.69, 9.17) is 5.73 Å². The van der Waals surface area contributed by atoms with E-state index < -0.39 is 0 Å². The molecular formula is C10H20ClN3S. The first-order chi connectivity index (χ1) is 6.53. The van der Waals surface area contributed by atoms with Crippen molar-refractivity contribution in [3.63, 3.8) is 0 Å². The van der Waals surface area contributed by atoms with E-state index in [1.165, 1.54) is 4.88 Å². The molecule has 0 saturated heterocycles. The molecule has 1 aromatic heterocycles. The van der Waals surface area contributed by atoms with E-state index in [1.807, 2.05) is 11.7 Å². The van der Waals surface area contributed by atoms with Crippen molar-refractivity contribution in [3.8, 4) is 0 Å². The molecule has 0 aromatic carbocycles. The molecule has 3 nitrogen and oxygen atoms in total. The van der Waals surface area contributed by atoms with Gasteiger partial charge in [0.05, 0.1) is 5.51 Å². The third-order valence-corrected chi connectivity index (χ3v) is 2.92. The highest BCUT2D eigenvalue weighted by atomic mass is 35.5. The van der Waals surface area contributed by atoms with Gasteiger partial charge in [0.1, 0.15) is 0 Å². The van der Waals surface area contributed by atoms with E-state index in [2.05, 4.69) is 30.8 Å². The maximum Gasteiger partial charge on any atom is 0.0794 e. The molecule has 0 unspecified atom stereocenters. The van der Waals surface area contributed by atoms with Crippen LogP contribution in [0.3, 0.4) is 0 Å². The lowest BCUT2D eigenvalue weighted by atomic mass is 9.93. The summed E-state index contributed by atoms with van der Waals surface area (Å²) >= 11 is 1.70. The normalized spacial score (nSPS) is 11.5. The zero-order chi connectivity index (χ0) is 10.6. The van der Waals surface area contributed by atoms with E-state index >= 15 is 0 Å². The molecule has 0 aliphatic heterocycles. The largest absolute Gasteiger partial charge is 0.330 e. The van der Waals surface area contributed by atoms with E-state index in [0.29, 0.717) is 0 Å². The van der Waals surface area contributed by atoms with E-state index in [0.717, 1.165) is 19.6 Å². The van der Waals surface area contributed by atoms with Gasteiger partial charge < -0.3 is 10.6 Å². The molecule has 88 valence electrons. The topological polar surface area (TPSA) is 42.2 Å². The van der Waals surface area contributed by atoms with Gasteiger partial charge in [-0.3, -0.25) is 4.98 Å². The Morgan fingerprint density at radius 1 is 1.53 bits per heavy atom. The Hall–Kier alpha value is -0.160. The SMILES string of the molecule is CN(Cc1cncs1)CC(C)(C)CN.Cl. The molecular weight excluding hydrogens is 230 g/mol. The maximum atomic E-state index is 5.69. The highest BCUT2D eigenvalue weighted by Crippen LogP contribution is 2.16. The summed E-state index contributed by atoms with van der Waals surface area (Å²) in [4.78, 5) is 7.66. The fourth-order valence-electron chi connectivity index (χ4n) is 1.44. The highest BCUT2D eigenvalue weighted by molar-refractivity contribution is 7.09. The second-order valence-corrected chi connectivity index (χ2v) is 5.48. The van der Waals surface area contributed by atoms with Gasteiger partial charge in [-0.15, -0.1) is 23.7 Å². The first-order valence-electron chi connectivity index (χ1n) is 4.79. The van der Waals surface area contributed by atoms with Crippen LogP contribution in [0.1, 0.15) is 18.7 Å². The number of hydrogen-bond donors (Lipinski definition) is 1. The minimum absolute atomic E-state index is 0. The summed E-state index contributed by atoms with van der Waals surface area (Å²) in [6.07, 6.45) is 1.93. The van der Waals surface area contributed by atoms with Gasteiger partial charge in [0.2, 0.25) is 0 Å². The average Bonchev–Trinajstić information content (AvgIpc) is 2.55. The highest BCUT2D eigenvalue weighted by Gasteiger charge is 2.18. The summed E-state index contributed by atoms with van der Waals surface area (Å²) in [5, 5.41) is 0. The van der Waals surface area contributed by atoms with Crippen LogP contribution < -0.4 is 5.73 Å². The van der Waals surface area contributed by atoms with Crippen LogP contribution in [0, 0.1) is 5.41 Å².